The van der Waals surface area contributed by atoms with E-state index in [9.17, 15) is 4.79 Å². The highest BCUT2D eigenvalue weighted by molar-refractivity contribution is 5.95. The number of rotatable bonds is 6. The first kappa shape index (κ1) is 21.3. The monoisotopic (exact) mass is 363 g/mol. The maximum absolute atomic E-state index is 12.8. The van der Waals surface area contributed by atoms with E-state index in [1.54, 1.807) is 4.90 Å². The van der Waals surface area contributed by atoms with Crippen LogP contribution in [0.1, 0.15) is 41.2 Å². The summed E-state index contributed by atoms with van der Waals surface area (Å²) >= 11 is 0. The van der Waals surface area contributed by atoms with Crippen molar-refractivity contribution in [3.63, 3.8) is 0 Å². The zero-order chi connectivity index (χ0) is 17.9. The van der Waals surface area contributed by atoms with Crippen molar-refractivity contribution in [3.8, 4) is 0 Å². The van der Waals surface area contributed by atoms with E-state index in [0.717, 1.165) is 23.5 Å². The van der Waals surface area contributed by atoms with E-state index in [0.29, 0.717) is 13.1 Å². The number of amides is 1. The van der Waals surface area contributed by atoms with Gasteiger partial charge in [-0.2, -0.15) is 0 Å². The summed E-state index contributed by atoms with van der Waals surface area (Å²) in [5.41, 5.74) is 9.84. The molecule has 1 heterocycles. The summed E-state index contributed by atoms with van der Waals surface area (Å²) in [4.78, 5) is 14.6. The fraction of sp³-hybridized carbons (Fsp3) is 0.450. The third-order valence-corrected chi connectivity index (χ3v) is 4.55. The molecule has 0 atom stereocenters. The first-order valence-electron chi connectivity index (χ1n) is 8.41. The minimum Gasteiger partial charge on any atom is -0.344 e. The van der Waals surface area contributed by atoms with E-state index in [4.69, 9.17) is 5.73 Å². The number of carbonyl (C=O) groups excluding carboxylic acids is 1. The zero-order valence-corrected chi connectivity index (χ0v) is 16.7. The van der Waals surface area contributed by atoms with Crippen molar-refractivity contribution in [1.82, 2.24) is 9.47 Å². The van der Waals surface area contributed by atoms with Gasteiger partial charge in [0.15, 0.2) is 0 Å². The molecule has 0 aliphatic rings. The lowest BCUT2D eigenvalue weighted by atomic mass is 9.93. The lowest BCUT2D eigenvalue weighted by molar-refractivity contribution is 0.0739. The van der Waals surface area contributed by atoms with E-state index >= 15 is 0 Å². The first-order valence-corrected chi connectivity index (χ1v) is 8.41. The Labute approximate surface area is 157 Å². The maximum atomic E-state index is 12.8. The molecule has 2 N–H and O–H groups in total. The summed E-state index contributed by atoms with van der Waals surface area (Å²) in [6, 6.07) is 12.3. The highest BCUT2D eigenvalue weighted by Gasteiger charge is 2.24. The summed E-state index contributed by atoms with van der Waals surface area (Å²) in [6.45, 7) is 10.2. The summed E-state index contributed by atoms with van der Waals surface area (Å²) in [5, 5.41) is 0. The van der Waals surface area contributed by atoms with Crippen LogP contribution in [-0.4, -0.2) is 35.5 Å². The van der Waals surface area contributed by atoms with Crippen molar-refractivity contribution in [2.45, 2.75) is 34.2 Å². The molecule has 0 bridgehead atoms. The van der Waals surface area contributed by atoms with Gasteiger partial charge in [0.25, 0.3) is 5.91 Å². The Kier molecular flexibility index (Phi) is 7.27. The number of aryl methyl sites for hydroxylation is 1. The Bertz CT molecular complexity index is 707. The van der Waals surface area contributed by atoms with Crippen molar-refractivity contribution in [2.75, 3.05) is 20.1 Å². The topological polar surface area (TPSA) is 51.3 Å². The number of hydrogen-bond donors (Lipinski definition) is 1. The second-order valence-electron chi connectivity index (χ2n) is 7.39. The van der Waals surface area contributed by atoms with Gasteiger partial charge in [0.1, 0.15) is 0 Å². The fourth-order valence-corrected chi connectivity index (χ4v) is 3.01. The molecule has 0 saturated carbocycles. The minimum absolute atomic E-state index is 0. The lowest BCUT2D eigenvalue weighted by Crippen LogP contribution is -2.39. The predicted octanol–water partition coefficient (Wildman–Crippen LogP) is 3.63. The molecule has 1 aromatic heterocycles. The number of nitrogens with zero attached hydrogens (tertiary/aromatic N) is 2. The molecule has 0 fully saturated rings. The Morgan fingerprint density at radius 2 is 1.80 bits per heavy atom. The van der Waals surface area contributed by atoms with Crippen LogP contribution in [0.4, 0.5) is 0 Å². The van der Waals surface area contributed by atoms with Crippen LogP contribution in [-0.2, 0) is 6.54 Å². The molecule has 2 aromatic rings. The molecule has 2 rings (SSSR count). The fourth-order valence-electron chi connectivity index (χ4n) is 3.01. The van der Waals surface area contributed by atoms with Gasteiger partial charge in [0, 0.05) is 31.5 Å². The highest BCUT2D eigenvalue weighted by Crippen LogP contribution is 2.21. The maximum Gasteiger partial charge on any atom is 0.255 e. The van der Waals surface area contributed by atoms with Crippen LogP contribution < -0.4 is 5.73 Å². The number of carbonyl (C=O) groups is 1. The first-order chi connectivity index (χ1) is 11.2. The van der Waals surface area contributed by atoms with Crippen LogP contribution in [0.15, 0.2) is 36.4 Å². The highest BCUT2D eigenvalue weighted by atomic mass is 35.5. The molecule has 138 valence electrons. The number of nitrogens with two attached hydrogens (primary N) is 1. The van der Waals surface area contributed by atoms with Gasteiger partial charge in [-0.15, -0.1) is 12.4 Å². The quantitative estimate of drug-likeness (QED) is 0.851. The molecule has 4 nitrogen and oxygen atoms in total. The number of benzene rings is 1. The van der Waals surface area contributed by atoms with Gasteiger partial charge >= 0.3 is 0 Å². The summed E-state index contributed by atoms with van der Waals surface area (Å²) < 4.78 is 2.20. The van der Waals surface area contributed by atoms with Crippen LogP contribution in [0.25, 0.3) is 0 Å². The van der Waals surface area contributed by atoms with Gasteiger partial charge in [-0.3, -0.25) is 4.79 Å². The predicted molar refractivity (Wildman–Crippen MR) is 106 cm³/mol. The molecular formula is C20H30ClN3O. The second kappa shape index (κ2) is 8.54. The molecule has 0 aliphatic carbocycles. The summed E-state index contributed by atoms with van der Waals surface area (Å²) in [6.07, 6.45) is 0. The molecule has 0 radical (unpaired) electrons. The average molecular weight is 364 g/mol. The van der Waals surface area contributed by atoms with Crippen LogP contribution in [0.3, 0.4) is 0 Å². The summed E-state index contributed by atoms with van der Waals surface area (Å²) in [7, 11) is 1.85. The van der Waals surface area contributed by atoms with Crippen LogP contribution in [0.5, 0.6) is 0 Å². The van der Waals surface area contributed by atoms with Crippen molar-refractivity contribution >= 4 is 18.3 Å². The third kappa shape index (κ3) is 5.10. The van der Waals surface area contributed by atoms with Gasteiger partial charge in [-0.25, -0.2) is 0 Å². The van der Waals surface area contributed by atoms with Crippen molar-refractivity contribution in [2.24, 2.45) is 11.1 Å². The Morgan fingerprint density at radius 1 is 1.20 bits per heavy atom. The van der Waals surface area contributed by atoms with Gasteiger partial charge in [0.2, 0.25) is 0 Å². The average Bonchev–Trinajstić information content (AvgIpc) is 2.83. The van der Waals surface area contributed by atoms with Gasteiger partial charge < -0.3 is 15.2 Å². The normalized spacial score (nSPS) is 11.1. The molecule has 0 saturated heterocycles. The standard InChI is InChI=1S/C20H29N3O.ClH/c1-15-11-18(19(24)22(5)14-20(3,4)13-21)16(2)23(15)12-17-9-7-6-8-10-17;/h6-11H,12-14,21H2,1-5H3;1H. The molecule has 1 amide bonds. The molecule has 1 aromatic carbocycles. The number of halogens is 1. The lowest BCUT2D eigenvalue weighted by Gasteiger charge is -2.29. The SMILES string of the molecule is Cc1cc(C(=O)N(C)CC(C)(C)CN)c(C)n1Cc1ccccc1.Cl. The van der Waals surface area contributed by atoms with Gasteiger partial charge in [-0.1, -0.05) is 44.2 Å². The van der Waals surface area contributed by atoms with Crippen molar-refractivity contribution < 1.29 is 4.79 Å². The van der Waals surface area contributed by atoms with E-state index in [-0.39, 0.29) is 23.7 Å². The molecule has 0 spiro atoms. The van der Waals surface area contributed by atoms with Crippen LogP contribution in [0, 0.1) is 19.3 Å². The summed E-state index contributed by atoms with van der Waals surface area (Å²) in [5.74, 6) is 0.0592. The Balaban J connectivity index is 0.00000312. The smallest absolute Gasteiger partial charge is 0.255 e. The van der Waals surface area contributed by atoms with Crippen molar-refractivity contribution in [1.29, 1.82) is 0 Å². The molecule has 5 heteroatoms. The molecule has 0 aliphatic heterocycles. The van der Waals surface area contributed by atoms with E-state index in [1.165, 1.54) is 5.56 Å². The van der Waals surface area contributed by atoms with Crippen LogP contribution in [0.2, 0.25) is 0 Å². The Hall–Kier alpha value is -1.78. The zero-order valence-electron chi connectivity index (χ0n) is 15.9. The number of hydrogen-bond acceptors (Lipinski definition) is 2. The largest absolute Gasteiger partial charge is 0.344 e. The van der Waals surface area contributed by atoms with E-state index in [1.807, 2.05) is 38.2 Å². The van der Waals surface area contributed by atoms with Crippen LogP contribution >= 0.6 is 12.4 Å². The molecule has 0 unspecified atom stereocenters. The molecule has 25 heavy (non-hydrogen) atoms. The third-order valence-electron chi connectivity index (χ3n) is 4.55. The van der Waals surface area contributed by atoms with Gasteiger partial charge in [0.05, 0.1) is 5.56 Å². The minimum atomic E-state index is -0.0834. The van der Waals surface area contributed by atoms with Crippen molar-refractivity contribution in [3.05, 3.63) is 58.9 Å². The molecular weight excluding hydrogens is 334 g/mol. The second-order valence-corrected chi connectivity index (χ2v) is 7.39. The Morgan fingerprint density at radius 3 is 2.36 bits per heavy atom. The van der Waals surface area contributed by atoms with E-state index in [2.05, 4.69) is 37.5 Å². The van der Waals surface area contributed by atoms with Gasteiger partial charge in [-0.05, 0) is 37.4 Å². The number of aromatic nitrogens is 1. The van der Waals surface area contributed by atoms with E-state index < -0.39 is 0 Å².